The molecule has 1 amide bonds. The van der Waals surface area contributed by atoms with Crippen LogP contribution < -0.4 is 5.32 Å². The minimum Gasteiger partial charge on any atom is -0.468 e. The third-order valence-corrected chi connectivity index (χ3v) is 2.50. The third kappa shape index (κ3) is 3.50. The molecule has 0 saturated heterocycles. The van der Waals surface area contributed by atoms with E-state index in [0.717, 1.165) is 0 Å². The summed E-state index contributed by atoms with van der Waals surface area (Å²) in [6, 6.07) is -0.767. The first-order valence-corrected chi connectivity index (χ1v) is 5.41. The van der Waals surface area contributed by atoms with Gasteiger partial charge in [0.2, 0.25) is 5.91 Å². The minimum atomic E-state index is -0.767. The van der Waals surface area contributed by atoms with Crippen LogP contribution in [0.25, 0.3) is 0 Å². The van der Waals surface area contributed by atoms with E-state index in [1.54, 1.807) is 0 Å². The lowest BCUT2D eigenvalue weighted by Gasteiger charge is -2.11. The summed E-state index contributed by atoms with van der Waals surface area (Å²) in [5.74, 6) is -1.06. The topological polar surface area (TPSA) is 116 Å². The molecule has 9 heteroatoms. The highest BCUT2D eigenvalue weighted by atomic mass is 16.6. The lowest BCUT2D eigenvalue weighted by molar-refractivity contribution is -0.385. The molecule has 9 nitrogen and oxygen atoms in total. The molecule has 1 N–H and O–H groups in total. The number of carbonyl (C=O) groups is 2. The van der Waals surface area contributed by atoms with Gasteiger partial charge in [0.15, 0.2) is 0 Å². The van der Waals surface area contributed by atoms with Crippen molar-refractivity contribution in [3.05, 3.63) is 22.0 Å². The number of aryl methyl sites for hydroxylation is 1. The average molecular weight is 270 g/mol. The maximum absolute atomic E-state index is 11.7. The Bertz CT molecular complexity index is 510. The number of aromatic nitrogens is 2. The number of rotatable bonds is 5. The first-order chi connectivity index (χ1) is 8.86. The predicted molar refractivity (Wildman–Crippen MR) is 63.4 cm³/mol. The van der Waals surface area contributed by atoms with Crippen molar-refractivity contribution in [1.82, 2.24) is 15.1 Å². The van der Waals surface area contributed by atoms with Crippen LogP contribution in [0.5, 0.6) is 0 Å². The van der Waals surface area contributed by atoms with Gasteiger partial charge >= 0.3 is 11.7 Å². The highest BCUT2D eigenvalue weighted by Gasteiger charge is 2.22. The largest absolute Gasteiger partial charge is 0.468 e. The zero-order chi connectivity index (χ0) is 14.6. The maximum Gasteiger partial charge on any atom is 0.325 e. The smallest absolute Gasteiger partial charge is 0.325 e. The van der Waals surface area contributed by atoms with Crippen LogP contribution in [0.2, 0.25) is 0 Å². The van der Waals surface area contributed by atoms with Gasteiger partial charge in [-0.3, -0.25) is 24.4 Å². The lowest BCUT2D eigenvalue weighted by atomic mass is 10.3. The Morgan fingerprint density at radius 3 is 2.74 bits per heavy atom. The number of nitrogens with one attached hydrogen (secondary N) is 1. The molecule has 1 heterocycles. The second kappa shape index (κ2) is 5.94. The highest BCUT2D eigenvalue weighted by Crippen LogP contribution is 2.18. The predicted octanol–water partition coefficient (Wildman–Crippen LogP) is -0.0501. The Morgan fingerprint density at radius 1 is 1.63 bits per heavy atom. The van der Waals surface area contributed by atoms with Crippen molar-refractivity contribution in [3.63, 3.8) is 0 Å². The normalized spacial score (nSPS) is 11.7. The Balaban J connectivity index is 2.74. The van der Waals surface area contributed by atoms with Gasteiger partial charge < -0.3 is 10.1 Å². The van der Waals surface area contributed by atoms with Crippen LogP contribution in [0, 0.1) is 17.0 Å². The molecule has 1 aromatic heterocycles. The van der Waals surface area contributed by atoms with E-state index in [2.05, 4.69) is 15.2 Å². The van der Waals surface area contributed by atoms with Gasteiger partial charge in [0.05, 0.1) is 12.0 Å². The van der Waals surface area contributed by atoms with Crippen molar-refractivity contribution in [2.75, 3.05) is 13.7 Å². The Hall–Kier alpha value is -2.45. The average Bonchev–Trinajstić information content (AvgIpc) is 2.76. The number of hydrogen-bond acceptors (Lipinski definition) is 6. The highest BCUT2D eigenvalue weighted by molar-refractivity contribution is 5.84. The molecular formula is C10H14N4O5. The van der Waals surface area contributed by atoms with E-state index in [1.807, 2.05) is 0 Å². The second-order valence-electron chi connectivity index (χ2n) is 3.81. The molecule has 0 aliphatic carbocycles. The Morgan fingerprint density at radius 2 is 2.26 bits per heavy atom. The number of nitrogens with zero attached hydrogens (tertiary/aromatic N) is 3. The number of amides is 1. The fraction of sp³-hybridized carbons (Fsp3) is 0.500. The summed E-state index contributed by atoms with van der Waals surface area (Å²) in [5.41, 5.74) is 0.0604. The quantitative estimate of drug-likeness (QED) is 0.455. The molecule has 1 aromatic rings. The standard InChI is InChI=1S/C10H14N4O5/c1-6-8(14(17)18)5-13(12-6)7(2)10(16)11-4-9(15)19-3/h5,7H,4H2,1-3H3,(H,11,16). The van der Waals surface area contributed by atoms with Gasteiger partial charge in [0.1, 0.15) is 24.5 Å². The van der Waals surface area contributed by atoms with E-state index in [0.29, 0.717) is 0 Å². The Kier molecular flexibility index (Phi) is 4.56. The van der Waals surface area contributed by atoms with Crippen LogP contribution in [0.1, 0.15) is 18.7 Å². The molecule has 0 saturated carbocycles. The fourth-order valence-electron chi connectivity index (χ4n) is 1.35. The lowest BCUT2D eigenvalue weighted by Crippen LogP contribution is -2.35. The van der Waals surface area contributed by atoms with Gasteiger partial charge in [-0.2, -0.15) is 5.10 Å². The summed E-state index contributed by atoms with van der Waals surface area (Å²) in [5, 5.41) is 16.9. The van der Waals surface area contributed by atoms with Gasteiger partial charge in [-0.25, -0.2) is 0 Å². The number of hydrogen-bond donors (Lipinski definition) is 1. The third-order valence-electron chi connectivity index (χ3n) is 2.50. The minimum absolute atomic E-state index is 0.160. The van der Waals surface area contributed by atoms with Crippen LogP contribution in [0.3, 0.4) is 0 Å². The molecular weight excluding hydrogens is 256 g/mol. The summed E-state index contributed by atoms with van der Waals surface area (Å²) in [6.07, 6.45) is 1.18. The van der Waals surface area contributed by atoms with E-state index < -0.39 is 22.8 Å². The van der Waals surface area contributed by atoms with Crippen LogP contribution in [0.4, 0.5) is 5.69 Å². The van der Waals surface area contributed by atoms with Gasteiger partial charge in [-0.05, 0) is 13.8 Å². The van der Waals surface area contributed by atoms with E-state index in [4.69, 9.17) is 0 Å². The zero-order valence-corrected chi connectivity index (χ0v) is 10.7. The molecule has 0 aromatic carbocycles. The fourth-order valence-corrected chi connectivity index (χ4v) is 1.35. The number of nitro groups is 1. The van der Waals surface area contributed by atoms with Crippen LogP contribution in [-0.4, -0.2) is 40.2 Å². The van der Waals surface area contributed by atoms with Crippen molar-refractivity contribution in [3.8, 4) is 0 Å². The first-order valence-electron chi connectivity index (χ1n) is 5.41. The number of methoxy groups -OCH3 is 1. The number of esters is 1. The van der Waals surface area contributed by atoms with Gasteiger partial charge in [0.25, 0.3) is 0 Å². The van der Waals surface area contributed by atoms with Crippen molar-refractivity contribution in [2.45, 2.75) is 19.9 Å². The SMILES string of the molecule is COC(=O)CNC(=O)C(C)n1cc([N+](=O)[O-])c(C)n1. The number of ether oxygens (including phenoxy) is 1. The molecule has 0 aliphatic rings. The summed E-state index contributed by atoms with van der Waals surface area (Å²) in [7, 11) is 1.21. The molecule has 1 atom stereocenters. The summed E-state index contributed by atoms with van der Waals surface area (Å²) >= 11 is 0. The van der Waals surface area contributed by atoms with E-state index in [9.17, 15) is 19.7 Å². The van der Waals surface area contributed by atoms with Gasteiger partial charge in [-0.15, -0.1) is 0 Å². The van der Waals surface area contributed by atoms with Gasteiger partial charge in [0, 0.05) is 0 Å². The van der Waals surface area contributed by atoms with Crippen LogP contribution >= 0.6 is 0 Å². The molecule has 104 valence electrons. The second-order valence-corrected chi connectivity index (χ2v) is 3.81. The Labute approximate surface area is 108 Å². The molecule has 0 aliphatic heterocycles. The van der Waals surface area contributed by atoms with E-state index >= 15 is 0 Å². The summed E-state index contributed by atoms with van der Waals surface area (Å²) in [4.78, 5) is 32.7. The van der Waals surface area contributed by atoms with Crippen molar-refractivity contribution in [2.24, 2.45) is 0 Å². The van der Waals surface area contributed by atoms with Gasteiger partial charge in [-0.1, -0.05) is 0 Å². The van der Waals surface area contributed by atoms with Crippen LogP contribution in [0.15, 0.2) is 6.20 Å². The summed E-state index contributed by atoms with van der Waals surface area (Å²) in [6.45, 7) is 2.73. The first kappa shape index (κ1) is 14.6. The molecule has 0 bridgehead atoms. The molecule has 0 spiro atoms. The van der Waals surface area contributed by atoms with Crippen LogP contribution in [-0.2, 0) is 14.3 Å². The number of carbonyl (C=O) groups excluding carboxylic acids is 2. The molecule has 1 rings (SSSR count). The summed E-state index contributed by atoms with van der Waals surface area (Å²) < 4.78 is 5.56. The molecule has 0 fully saturated rings. The molecule has 0 radical (unpaired) electrons. The van der Waals surface area contributed by atoms with Crippen molar-refractivity contribution >= 4 is 17.6 Å². The molecule has 1 unspecified atom stereocenters. The molecule has 19 heavy (non-hydrogen) atoms. The maximum atomic E-state index is 11.7. The van der Waals surface area contributed by atoms with Crippen molar-refractivity contribution < 1.29 is 19.2 Å². The van der Waals surface area contributed by atoms with E-state index in [-0.39, 0.29) is 17.9 Å². The van der Waals surface area contributed by atoms with Crippen molar-refractivity contribution in [1.29, 1.82) is 0 Å². The van der Waals surface area contributed by atoms with E-state index in [1.165, 1.54) is 31.8 Å². The zero-order valence-electron chi connectivity index (χ0n) is 10.7. The monoisotopic (exact) mass is 270 g/mol.